The predicted molar refractivity (Wildman–Crippen MR) is 88.4 cm³/mol. The molecular formula is C15H24BrN3O. The quantitative estimate of drug-likeness (QED) is 0.616. The minimum absolute atomic E-state index is 0.400. The number of rotatable bonds is 6. The van der Waals surface area contributed by atoms with Gasteiger partial charge in [0.2, 0.25) is 0 Å². The second-order valence-corrected chi connectivity index (χ2v) is 5.52. The summed E-state index contributed by atoms with van der Waals surface area (Å²) in [5.74, 6) is 1.69. The average molecular weight is 342 g/mol. The van der Waals surface area contributed by atoms with Gasteiger partial charge in [0, 0.05) is 22.6 Å². The molecule has 0 aliphatic carbocycles. The first kappa shape index (κ1) is 16.8. The van der Waals surface area contributed by atoms with Crippen molar-refractivity contribution in [2.45, 2.75) is 39.8 Å². The van der Waals surface area contributed by atoms with Crippen LogP contribution in [-0.4, -0.2) is 25.7 Å². The van der Waals surface area contributed by atoms with Gasteiger partial charge in [0.1, 0.15) is 5.75 Å². The van der Waals surface area contributed by atoms with Crippen LogP contribution >= 0.6 is 15.9 Å². The molecule has 1 aromatic carbocycles. The van der Waals surface area contributed by atoms with Crippen LogP contribution in [0.5, 0.6) is 5.75 Å². The Morgan fingerprint density at radius 2 is 2.15 bits per heavy atom. The molecule has 0 bridgehead atoms. The number of nitrogens with zero attached hydrogens (tertiary/aromatic N) is 1. The van der Waals surface area contributed by atoms with Crippen LogP contribution in [0.25, 0.3) is 0 Å². The number of halogens is 1. The highest BCUT2D eigenvalue weighted by atomic mass is 79.9. The van der Waals surface area contributed by atoms with Crippen LogP contribution < -0.4 is 15.4 Å². The van der Waals surface area contributed by atoms with Crippen LogP contribution in [-0.2, 0) is 6.54 Å². The van der Waals surface area contributed by atoms with Gasteiger partial charge in [-0.05, 0) is 38.5 Å². The van der Waals surface area contributed by atoms with Crippen LogP contribution in [0.1, 0.15) is 32.8 Å². The summed E-state index contributed by atoms with van der Waals surface area (Å²) in [5.41, 5.74) is 1.06. The maximum atomic E-state index is 5.36. The van der Waals surface area contributed by atoms with E-state index in [2.05, 4.69) is 52.3 Å². The Morgan fingerprint density at radius 3 is 2.75 bits per heavy atom. The van der Waals surface area contributed by atoms with E-state index in [1.54, 1.807) is 7.11 Å². The summed E-state index contributed by atoms with van der Waals surface area (Å²) in [5, 5.41) is 6.63. The molecule has 0 heterocycles. The van der Waals surface area contributed by atoms with E-state index >= 15 is 0 Å². The zero-order valence-electron chi connectivity index (χ0n) is 12.7. The average Bonchev–Trinajstić information content (AvgIpc) is 2.45. The van der Waals surface area contributed by atoms with Crippen molar-refractivity contribution in [2.75, 3.05) is 13.7 Å². The summed E-state index contributed by atoms with van der Waals surface area (Å²) in [4.78, 5) is 4.61. The lowest BCUT2D eigenvalue weighted by Crippen LogP contribution is -2.41. The van der Waals surface area contributed by atoms with Gasteiger partial charge in [0.15, 0.2) is 5.96 Å². The normalized spacial score (nSPS) is 12.9. The van der Waals surface area contributed by atoms with Crippen LogP contribution in [0.4, 0.5) is 0 Å². The van der Waals surface area contributed by atoms with Crippen molar-refractivity contribution in [2.24, 2.45) is 4.99 Å². The number of methoxy groups -OCH3 is 1. The van der Waals surface area contributed by atoms with Gasteiger partial charge in [-0.2, -0.15) is 0 Å². The summed E-state index contributed by atoms with van der Waals surface area (Å²) in [6.07, 6.45) is 1.06. The SMILES string of the molecule is CCNC(=NCc1cc(Br)ccc1OC)NC(C)CC. The predicted octanol–water partition coefficient (Wildman–Crippen LogP) is 3.31. The van der Waals surface area contributed by atoms with E-state index in [1.165, 1.54) is 0 Å². The van der Waals surface area contributed by atoms with Gasteiger partial charge in [0.25, 0.3) is 0 Å². The van der Waals surface area contributed by atoms with Crippen LogP contribution in [0.3, 0.4) is 0 Å². The number of guanidine groups is 1. The lowest BCUT2D eigenvalue weighted by atomic mass is 10.2. The fourth-order valence-electron chi connectivity index (χ4n) is 1.69. The lowest BCUT2D eigenvalue weighted by molar-refractivity contribution is 0.409. The molecular weight excluding hydrogens is 318 g/mol. The third kappa shape index (κ3) is 5.41. The third-order valence-electron chi connectivity index (χ3n) is 2.99. The summed E-state index contributed by atoms with van der Waals surface area (Å²) in [7, 11) is 1.68. The molecule has 0 saturated carbocycles. The largest absolute Gasteiger partial charge is 0.496 e. The highest BCUT2D eigenvalue weighted by Crippen LogP contribution is 2.23. The minimum atomic E-state index is 0.400. The van der Waals surface area contributed by atoms with Crippen LogP contribution in [0.15, 0.2) is 27.7 Å². The molecule has 0 fully saturated rings. The fourth-order valence-corrected chi connectivity index (χ4v) is 2.10. The van der Waals surface area contributed by atoms with Gasteiger partial charge in [-0.1, -0.05) is 22.9 Å². The first-order chi connectivity index (χ1) is 9.60. The maximum absolute atomic E-state index is 5.36. The Bertz CT molecular complexity index is 449. The highest BCUT2D eigenvalue weighted by Gasteiger charge is 2.05. The van der Waals surface area contributed by atoms with Gasteiger partial charge in [-0.3, -0.25) is 0 Å². The Labute approximate surface area is 130 Å². The number of nitrogens with one attached hydrogen (secondary N) is 2. The van der Waals surface area contributed by atoms with Gasteiger partial charge in [0.05, 0.1) is 13.7 Å². The topological polar surface area (TPSA) is 45.7 Å². The summed E-state index contributed by atoms with van der Waals surface area (Å²) in [6, 6.07) is 6.35. The van der Waals surface area contributed by atoms with Crippen molar-refractivity contribution >= 4 is 21.9 Å². The second kappa shape index (κ2) is 8.84. The highest BCUT2D eigenvalue weighted by molar-refractivity contribution is 9.10. The standard InChI is InChI=1S/C15H24BrN3O/c1-5-11(3)19-15(17-6-2)18-10-12-9-13(16)7-8-14(12)20-4/h7-9,11H,5-6,10H2,1-4H3,(H2,17,18,19). The van der Waals surface area contributed by atoms with Crippen molar-refractivity contribution in [3.63, 3.8) is 0 Å². The molecule has 5 heteroatoms. The molecule has 112 valence electrons. The van der Waals surface area contributed by atoms with E-state index in [1.807, 2.05) is 18.2 Å². The summed E-state index contributed by atoms with van der Waals surface area (Å²) >= 11 is 3.48. The molecule has 0 amide bonds. The molecule has 0 aromatic heterocycles. The van der Waals surface area contributed by atoms with E-state index in [0.29, 0.717) is 12.6 Å². The Hall–Kier alpha value is -1.23. The molecule has 1 aromatic rings. The van der Waals surface area contributed by atoms with Gasteiger partial charge in [-0.25, -0.2) is 4.99 Å². The maximum Gasteiger partial charge on any atom is 0.191 e. The number of benzene rings is 1. The first-order valence-electron chi connectivity index (χ1n) is 6.97. The van der Waals surface area contributed by atoms with Crippen molar-refractivity contribution in [3.8, 4) is 5.75 Å². The number of hydrogen-bond acceptors (Lipinski definition) is 2. The van der Waals surface area contributed by atoms with E-state index in [-0.39, 0.29) is 0 Å². The van der Waals surface area contributed by atoms with Crippen molar-refractivity contribution in [1.82, 2.24) is 10.6 Å². The number of hydrogen-bond donors (Lipinski definition) is 2. The van der Waals surface area contributed by atoms with E-state index < -0.39 is 0 Å². The smallest absolute Gasteiger partial charge is 0.191 e. The molecule has 1 rings (SSSR count). The van der Waals surface area contributed by atoms with E-state index in [9.17, 15) is 0 Å². The molecule has 1 atom stereocenters. The van der Waals surface area contributed by atoms with Crippen molar-refractivity contribution in [3.05, 3.63) is 28.2 Å². The molecule has 0 saturated heterocycles. The van der Waals surface area contributed by atoms with Gasteiger partial charge in [-0.15, -0.1) is 0 Å². The number of ether oxygens (including phenoxy) is 1. The summed E-state index contributed by atoms with van der Waals surface area (Å²) < 4.78 is 6.39. The second-order valence-electron chi connectivity index (χ2n) is 4.60. The van der Waals surface area contributed by atoms with Crippen molar-refractivity contribution in [1.29, 1.82) is 0 Å². The van der Waals surface area contributed by atoms with Crippen LogP contribution in [0.2, 0.25) is 0 Å². The molecule has 0 aliphatic heterocycles. The van der Waals surface area contributed by atoms with Gasteiger partial charge >= 0.3 is 0 Å². The Morgan fingerprint density at radius 1 is 1.40 bits per heavy atom. The van der Waals surface area contributed by atoms with Crippen LogP contribution in [0, 0.1) is 0 Å². The minimum Gasteiger partial charge on any atom is -0.496 e. The third-order valence-corrected chi connectivity index (χ3v) is 3.48. The summed E-state index contributed by atoms with van der Waals surface area (Å²) in [6.45, 7) is 7.78. The zero-order chi connectivity index (χ0) is 15.0. The fraction of sp³-hybridized carbons (Fsp3) is 0.533. The molecule has 0 spiro atoms. The molecule has 0 aliphatic rings. The number of aliphatic imine (C=N–C) groups is 1. The Kier molecular flexibility index (Phi) is 7.44. The first-order valence-corrected chi connectivity index (χ1v) is 7.77. The molecule has 0 radical (unpaired) electrons. The molecule has 1 unspecified atom stereocenters. The lowest BCUT2D eigenvalue weighted by Gasteiger charge is -2.16. The monoisotopic (exact) mass is 341 g/mol. The van der Waals surface area contributed by atoms with E-state index in [4.69, 9.17) is 4.74 Å². The van der Waals surface area contributed by atoms with E-state index in [0.717, 1.165) is 34.7 Å². The molecule has 4 nitrogen and oxygen atoms in total. The van der Waals surface area contributed by atoms with Crippen molar-refractivity contribution < 1.29 is 4.74 Å². The molecule has 2 N–H and O–H groups in total. The molecule has 20 heavy (non-hydrogen) atoms. The van der Waals surface area contributed by atoms with Gasteiger partial charge < -0.3 is 15.4 Å². The Balaban J connectivity index is 2.83. The zero-order valence-corrected chi connectivity index (χ0v) is 14.3.